The highest BCUT2D eigenvalue weighted by molar-refractivity contribution is 5.00. The summed E-state index contributed by atoms with van der Waals surface area (Å²) in [5.41, 5.74) is 0.481. The molecular formula is C11H21N. The Morgan fingerprint density at radius 3 is 2.00 bits per heavy atom. The zero-order valence-corrected chi connectivity index (χ0v) is 8.72. The monoisotopic (exact) mass is 167 g/mol. The van der Waals surface area contributed by atoms with E-state index in [1.54, 1.807) is 0 Å². The third kappa shape index (κ3) is 1.50. The third-order valence-corrected chi connectivity index (χ3v) is 3.46. The van der Waals surface area contributed by atoms with Crippen molar-refractivity contribution in [2.75, 3.05) is 6.54 Å². The molecule has 1 N–H and O–H groups in total. The smallest absolute Gasteiger partial charge is 0.0205 e. The van der Waals surface area contributed by atoms with Gasteiger partial charge >= 0.3 is 0 Å². The number of rotatable bonds is 2. The van der Waals surface area contributed by atoms with Crippen molar-refractivity contribution in [2.45, 2.75) is 34.1 Å². The summed E-state index contributed by atoms with van der Waals surface area (Å²) in [6, 6.07) is 0. The molecule has 0 fully saturated rings. The van der Waals surface area contributed by atoms with E-state index in [0.29, 0.717) is 5.41 Å². The fourth-order valence-corrected chi connectivity index (χ4v) is 2.23. The van der Waals surface area contributed by atoms with E-state index in [-0.39, 0.29) is 0 Å². The lowest BCUT2D eigenvalue weighted by molar-refractivity contribution is 0.111. The number of hydrogen-bond donors (Lipinski definition) is 1. The molecule has 0 saturated carbocycles. The maximum absolute atomic E-state index is 3.36. The molecule has 0 unspecified atom stereocenters. The van der Waals surface area contributed by atoms with Crippen molar-refractivity contribution in [1.29, 1.82) is 0 Å². The minimum Gasteiger partial charge on any atom is -0.391 e. The summed E-state index contributed by atoms with van der Waals surface area (Å²) < 4.78 is 0. The molecule has 0 radical (unpaired) electrons. The highest BCUT2D eigenvalue weighted by atomic mass is 14.9. The lowest BCUT2D eigenvalue weighted by atomic mass is 9.66. The van der Waals surface area contributed by atoms with Gasteiger partial charge in [-0.3, -0.25) is 0 Å². The lowest BCUT2D eigenvalue weighted by Crippen LogP contribution is -2.43. The molecule has 1 aliphatic rings. The van der Waals surface area contributed by atoms with Crippen LogP contribution in [-0.4, -0.2) is 6.54 Å². The van der Waals surface area contributed by atoms with Crippen LogP contribution in [0.5, 0.6) is 0 Å². The van der Waals surface area contributed by atoms with Gasteiger partial charge in [-0.15, -0.1) is 0 Å². The van der Waals surface area contributed by atoms with Gasteiger partial charge in [-0.1, -0.05) is 33.8 Å². The predicted molar refractivity (Wildman–Crippen MR) is 53.9 cm³/mol. The van der Waals surface area contributed by atoms with Crippen molar-refractivity contribution < 1.29 is 0 Å². The van der Waals surface area contributed by atoms with E-state index >= 15 is 0 Å². The van der Waals surface area contributed by atoms with Gasteiger partial charge in [-0.2, -0.15) is 0 Å². The van der Waals surface area contributed by atoms with Gasteiger partial charge in [0.05, 0.1) is 0 Å². The summed E-state index contributed by atoms with van der Waals surface area (Å²) in [6.45, 7) is 10.5. The number of allylic oxidation sites excluding steroid dienone is 1. The Kier molecular flexibility index (Phi) is 2.81. The molecule has 0 aromatic heterocycles. The van der Waals surface area contributed by atoms with Crippen LogP contribution in [0.2, 0.25) is 0 Å². The molecule has 1 aliphatic heterocycles. The van der Waals surface area contributed by atoms with Gasteiger partial charge in [0.15, 0.2) is 0 Å². The van der Waals surface area contributed by atoms with E-state index in [2.05, 4.69) is 45.3 Å². The van der Waals surface area contributed by atoms with Crippen molar-refractivity contribution >= 4 is 0 Å². The second-order valence-corrected chi connectivity index (χ2v) is 4.53. The Morgan fingerprint density at radius 1 is 1.17 bits per heavy atom. The molecule has 0 aromatic rings. The van der Waals surface area contributed by atoms with E-state index < -0.39 is 0 Å². The van der Waals surface area contributed by atoms with E-state index in [0.717, 1.165) is 18.4 Å². The van der Waals surface area contributed by atoms with Crippen LogP contribution in [0.3, 0.4) is 0 Å². The average molecular weight is 167 g/mol. The van der Waals surface area contributed by atoms with Crippen LogP contribution in [0.4, 0.5) is 0 Å². The van der Waals surface area contributed by atoms with Gasteiger partial charge in [0.1, 0.15) is 0 Å². The lowest BCUT2D eigenvalue weighted by Gasteiger charge is -2.42. The molecule has 0 spiro atoms. The largest absolute Gasteiger partial charge is 0.391 e. The summed E-state index contributed by atoms with van der Waals surface area (Å²) in [5.74, 6) is 1.52. The van der Waals surface area contributed by atoms with Crippen LogP contribution in [0.25, 0.3) is 0 Å². The van der Waals surface area contributed by atoms with E-state index in [1.165, 1.54) is 6.42 Å². The fourth-order valence-electron chi connectivity index (χ4n) is 2.23. The Balaban J connectivity index is 2.79. The van der Waals surface area contributed by atoms with Crippen molar-refractivity contribution in [3.8, 4) is 0 Å². The van der Waals surface area contributed by atoms with Gasteiger partial charge in [0.25, 0.3) is 0 Å². The molecule has 0 atom stereocenters. The van der Waals surface area contributed by atoms with Gasteiger partial charge in [0, 0.05) is 6.54 Å². The van der Waals surface area contributed by atoms with Gasteiger partial charge in [0.2, 0.25) is 0 Å². The Bertz CT molecular complexity index is 160. The number of nitrogens with one attached hydrogen (secondary N) is 1. The Hall–Kier alpha value is -0.460. The van der Waals surface area contributed by atoms with Gasteiger partial charge in [-0.25, -0.2) is 0 Å². The second-order valence-electron chi connectivity index (χ2n) is 4.53. The quantitative estimate of drug-likeness (QED) is 0.667. The van der Waals surface area contributed by atoms with Crippen molar-refractivity contribution in [3.05, 3.63) is 12.3 Å². The Labute approximate surface area is 76.2 Å². The first kappa shape index (κ1) is 9.63. The van der Waals surface area contributed by atoms with E-state index in [9.17, 15) is 0 Å². The summed E-state index contributed by atoms with van der Waals surface area (Å²) >= 11 is 0. The first-order valence-corrected chi connectivity index (χ1v) is 4.98. The molecule has 0 amide bonds. The van der Waals surface area contributed by atoms with E-state index in [1.807, 2.05) is 0 Å². The van der Waals surface area contributed by atoms with Crippen molar-refractivity contribution in [1.82, 2.24) is 5.32 Å². The van der Waals surface area contributed by atoms with E-state index in [4.69, 9.17) is 0 Å². The molecule has 0 aliphatic carbocycles. The van der Waals surface area contributed by atoms with Crippen LogP contribution >= 0.6 is 0 Å². The first-order chi connectivity index (χ1) is 5.59. The second kappa shape index (κ2) is 3.51. The van der Waals surface area contributed by atoms with Crippen LogP contribution in [0.15, 0.2) is 12.3 Å². The van der Waals surface area contributed by atoms with Crippen molar-refractivity contribution in [3.63, 3.8) is 0 Å². The highest BCUT2D eigenvalue weighted by Crippen LogP contribution is 2.40. The SMILES string of the molecule is CC(C)C1(C(C)C)CC=CNC1. The first-order valence-electron chi connectivity index (χ1n) is 4.98. The molecule has 0 aromatic carbocycles. The fraction of sp³-hybridized carbons (Fsp3) is 0.818. The molecule has 1 heteroatoms. The highest BCUT2D eigenvalue weighted by Gasteiger charge is 2.36. The molecule has 70 valence electrons. The minimum absolute atomic E-state index is 0.481. The minimum atomic E-state index is 0.481. The Morgan fingerprint density at radius 2 is 1.75 bits per heavy atom. The van der Waals surface area contributed by atoms with Gasteiger partial charge < -0.3 is 5.32 Å². The molecule has 1 heterocycles. The molecular weight excluding hydrogens is 146 g/mol. The topological polar surface area (TPSA) is 12.0 Å². The van der Waals surface area contributed by atoms with Gasteiger partial charge in [-0.05, 0) is 29.9 Å². The van der Waals surface area contributed by atoms with Crippen molar-refractivity contribution in [2.24, 2.45) is 17.3 Å². The summed E-state index contributed by atoms with van der Waals surface area (Å²) in [6.07, 6.45) is 5.59. The standard InChI is InChI=1S/C11H21N/c1-9(2)11(10(3)4)6-5-7-12-8-11/h5,7,9-10,12H,6,8H2,1-4H3. The average Bonchev–Trinajstić information content (AvgIpc) is 2.05. The van der Waals surface area contributed by atoms with Crippen LogP contribution < -0.4 is 5.32 Å². The van der Waals surface area contributed by atoms with Crippen LogP contribution in [-0.2, 0) is 0 Å². The zero-order valence-electron chi connectivity index (χ0n) is 8.72. The maximum Gasteiger partial charge on any atom is 0.0205 e. The van der Waals surface area contributed by atoms with Crippen LogP contribution in [0.1, 0.15) is 34.1 Å². The number of hydrogen-bond acceptors (Lipinski definition) is 1. The molecule has 0 saturated heterocycles. The maximum atomic E-state index is 3.36. The molecule has 0 bridgehead atoms. The molecule has 1 rings (SSSR count). The molecule has 1 nitrogen and oxygen atoms in total. The third-order valence-electron chi connectivity index (χ3n) is 3.46. The molecule has 12 heavy (non-hydrogen) atoms. The summed E-state index contributed by atoms with van der Waals surface area (Å²) in [4.78, 5) is 0. The predicted octanol–water partition coefficient (Wildman–Crippen LogP) is 2.79. The summed E-state index contributed by atoms with van der Waals surface area (Å²) in [7, 11) is 0. The normalized spacial score (nSPS) is 21.5. The summed E-state index contributed by atoms with van der Waals surface area (Å²) in [5, 5.41) is 3.36. The van der Waals surface area contributed by atoms with Crippen LogP contribution in [0, 0.1) is 17.3 Å². The zero-order chi connectivity index (χ0) is 9.19.